The molecule has 2 aromatic rings. The average Bonchev–Trinajstić information content (AvgIpc) is 2.78. The highest BCUT2D eigenvalue weighted by atomic mass is 16.5. The van der Waals surface area contributed by atoms with Gasteiger partial charge in [-0.1, -0.05) is 30.3 Å². The third-order valence-corrected chi connectivity index (χ3v) is 5.94. The molecule has 30 heavy (non-hydrogen) atoms. The molecule has 0 aromatic heterocycles. The van der Waals surface area contributed by atoms with Gasteiger partial charge in [0.15, 0.2) is 5.78 Å². The molecule has 0 radical (unpaired) electrons. The highest BCUT2D eigenvalue weighted by Gasteiger charge is 2.25. The SMILES string of the molecule is CCOc1ccc(-c2ccc(C(C)=O)cc2)cc1CNC(=O)C1CCC(NC)CC1. The second kappa shape index (κ2) is 10.4. The summed E-state index contributed by atoms with van der Waals surface area (Å²) < 4.78 is 5.78. The highest BCUT2D eigenvalue weighted by molar-refractivity contribution is 5.94. The molecular weight excluding hydrogens is 376 g/mol. The molecule has 0 saturated heterocycles. The van der Waals surface area contributed by atoms with E-state index in [0.717, 1.165) is 48.1 Å². The van der Waals surface area contributed by atoms with E-state index in [1.54, 1.807) is 6.92 Å². The number of rotatable bonds is 8. The van der Waals surface area contributed by atoms with E-state index in [1.807, 2.05) is 50.4 Å². The van der Waals surface area contributed by atoms with Crippen molar-refractivity contribution >= 4 is 11.7 Å². The molecule has 0 heterocycles. The number of hydrogen-bond acceptors (Lipinski definition) is 4. The predicted molar refractivity (Wildman–Crippen MR) is 120 cm³/mol. The van der Waals surface area contributed by atoms with E-state index in [1.165, 1.54) is 0 Å². The molecule has 1 amide bonds. The lowest BCUT2D eigenvalue weighted by molar-refractivity contribution is -0.126. The first-order valence-corrected chi connectivity index (χ1v) is 10.8. The van der Waals surface area contributed by atoms with Crippen molar-refractivity contribution in [2.75, 3.05) is 13.7 Å². The number of hydrogen-bond donors (Lipinski definition) is 2. The van der Waals surface area contributed by atoms with Crippen LogP contribution < -0.4 is 15.4 Å². The Morgan fingerprint density at radius 1 is 1.00 bits per heavy atom. The molecule has 0 atom stereocenters. The van der Waals surface area contributed by atoms with E-state index in [0.29, 0.717) is 24.8 Å². The minimum Gasteiger partial charge on any atom is -0.494 e. The van der Waals surface area contributed by atoms with E-state index in [4.69, 9.17) is 4.74 Å². The minimum absolute atomic E-state index is 0.0559. The Morgan fingerprint density at radius 3 is 2.27 bits per heavy atom. The second-order valence-electron chi connectivity index (χ2n) is 7.94. The van der Waals surface area contributed by atoms with Crippen molar-refractivity contribution in [2.45, 2.75) is 52.1 Å². The van der Waals surface area contributed by atoms with Crippen molar-refractivity contribution in [3.63, 3.8) is 0 Å². The molecule has 2 N–H and O–H groups in total. The summed E-state index contributed by atoms with van der Waals surface area (Å²) in [6.45, 7) is 4.54. The van der Waals surface area contributed by atoms with Gasteiger partial charge < -0.3 is 15.4 Å². The maximum absolute atomic E-state index is 12.7. The number of carbonyl (C=O) groups excluding carboxylic acids is 2. The molecule has 0 unspecified atom stereocenters. The van der Waals surface area contributed by atoms with Gasteiger partial charge in [0.1, 0.15) is 5.75 Å². The molecule has 1 aliphatic carbocycles. The van der Waals surface area contributed by atoms with E-state index in [2.05, 4.69) is 16.7 Å². The minimum atomic E-state index is 0.0559. The summed E-state index contributed by atoms with van der Waals surface area (Å²) in [6, 6.07) is 14.2. The van der Waals surface area contributed by atoms with Crippen LogP contribution in [0.25, 0.3) is 11.1 Å². The fourth-order valence-electron chi connectivity index (χ4n) is 4.06. The van der Waals surface area contributed by atoms with Crippen LogP contribution in [0.15, 0.2) is 42.5 Å². The molecule has 5 heteroatoms. The molecule has 0 bridgehead atoms. The predicted octanol–water partition coefficient (Wildman–Crippen LogP) is 4.35. The number of amides is 1. The van der Waals surface area contributed by atoms with Crippen LogP contribution in [-0.2, 0) is 11.3 Å². The summed E-state index contributed by atoms with van der Waals surface area (Å²) in [7, 11) is 1.99. The van der Waals surface area contributed by atoms with Gasteiger partial charge in [-0.25, -0.2) is 0 Å². The quantitative estimate of drug-likeness (QED) is 0.637. The molecule has 3 rings (SSSR count). The van der Waals surface area contributed by atoms with Crippen molar-refractivity contribution in [1.29, 1.82) is 0 Å². The standard InChI is InChI=1S/C25H32N2O3/c1-4-30-24-14-11-21(19-7-5-18(6-8-19)17(2)28)15-22(24)16-27-25(29)20-9-12-23(26-3)13-10-20/h5-8,11,14-15,20,23,26H,4,9-10,12-13,16H2,1-3H3,(H,27,29). The summed E-state index contributed by atoms with van der Waals surface area (Å²) >= 11 is 0. The number of benzene rings is 2. The number of carbonyl (C=O) groups is 2. The Morgan fingerprint density at radius 2 is 1.67 bits per heavy atom. The van der Waals surface area contributed by atoms with E-state index >= 15 is 0 Å². The molecule has 1 saturated carbocycles. The van der Waals surface area contributed by atoms with Crippen molar-refractivity contribution in [2.24, 2.45) is 5.92 Å². The summed E-state index contributed by atoms with van der Waals surface area (Å²) in [5, 5.41) is 6.43. The summed E-state index contributed by atoms with van der Waals surface area (Å²) in [4.78, 5) is 24.2. The average molecular weight is 409 g/mol. The van der Waals surface area contributed by atoms with E-state index in [-0.39, 0.29) is 17.6 Å². The number of ether oxygens (including phenoxy) is 1. The van der Waals surface area contributed by atoms with Gasteiger partial charge in [0.05, 0.1) is 6.61 Å². The van der Waals surface area contributed by atoms with Crippen LogP contribution in [-0.4, -0.2) is 31.4 Å². The zero-order valence-electron chi connectivity index (χ0n) is 18.2. The van der Waals surface area contributed by atoms with Crippen LogP contribution in [0.2, 0.25) is 0 Å². The van der Waals surface area contributed by atoms with Crippen LogP contribution in [0.4, 0.5) is 0 Å². The van der Waals surface area contributed by atoms with Gasteiger partial charge in [-0.15, -0.1) is 0 Å². The van der Waals surface area contributed by atoms with Crippen molar-refractivity contribution in [1.82, 2.24) is 10.6 Å². The van der Waals surface area contributed by atoms with Crippen molar-refractivity contribution in [3.05, 3.63) is 53.6 Å². The van der Waals surface area contributed by atoms with Gasteiger partial charge in [0.2, 0.25) is 5.91 Å². The van der Waals surface area contributed by atoms with Crippen molar-refractivity contribution in [3.8, 4) is 16.9 Å². The fourth-order valence-corrected chi connectivity index (χ4v) is 4.06. The lowest BCUT2D eigenvalue weighted by atomic mass is 9.85. The molecule has 1 fully saturated rings. The fraction of sp³-hybridized carbons (Fsp3) is 0.440. The number of nitrogens with one attached hydrogen (secondary N) is 2. The molecule has 0 aliphatic heterocycles. The zero-order valence-corrected chi connectivity index (χ0v) is 18.2. The van der Waals surface area contributed by atoms with Gasteiger partial charge in [0.25, 0.3) is 0 Å². The monoisotopic (exact) mass is 408 g/mol. The van der Waals surface area contributed by atoms with Gasteiger partial charge >= 0.3 is 0 Å². The maximum atomic E-state index is 12.7. The largest absolute Gasteiger partial charge is 0.494 e. The number of ketones is 1. The molecule has 0 spiro atoms. The highest BCUT2D eigenvalue weighted by Crippen LogP contribution is 2.28. The van der Waals surface area contributed by atoms with Crippen LogP contribution in [0, 0.1) is 5.92 Å². The van der Waals surface area contributed by atoms with Crippen LogP contribution in [0.3, 0.4) is 0 Å². The van der Waals surface area contributed by atoms with Crippen LogP contribution in [0.1, 0.15) is 55.5 Å². The first kappa shape index (κ1) is 22.0. The Hall–Kier alpha value is -2.66. The molecule has 2 aromatic carbocycles. The molecule has 160 valence electrons. The third kappa shape index (κ3) is 5.48. The Balaban J connectivity index is 1.71. The number of Topliss-reactive ketones (excluding diaryl/α,β-unsaturated/α-hetero) is 1. The van der Waals surface area contributed by atoms with Gasteiger partial charge in [-0.3, -0.25) is 9.59 Å². The Bertz CT molecular complexity index is 868. The topological polar surface area (TPSA) is 67.4 Å². The maximum Gasteiger partial charge on any atom is 0.223 e. The van der Waals surface area contributed by atoms with Crippen LogP contribution >= 0.6 is 0 Å². The lowest BCUT2D eigenvalue weighted by Crippen LogP contribution is -2.37. The zero-order chi connectivity index (χ0) is 21.5. The summed E-state index contributed by atoms with van der Waals surface area (Å²) in [6.07, 6.45) is 3.95. The first-order valence-electron chi connectivity index (χ1n) is 10.8. The lowest BCUT2D eigenvalue weighted by Gasteiger charge is -2.27. The summed E-state index contributed by atoms with van der Waals surface area (Å²) in [5.74, 6) is 1.07. The molecular formula is C25H32N2O3. The van der Waals surface area contributed by atoms with Gasteiger partial charge in [-0.05, 0) is 69.8 Å². The third-order valence-electron chi connectivity index (χ3n) is 5.94. The van der Waals surface area contributed by atoms with Crippen molar-refractivity contribution < 1.29 is 14.3 Å². The van der Waals surface area contributed by atoms with Crippen LogP contribution in [0.5, 0.6) is 5.75 Å². The van der Waals surface area contributed by atoms with Gasteiger partial charge in [-0.2, -0.15) is 0 Å². The Labute approximate surface area is 179 Å². The molecule has 1 aliphatic rings. The summed E-state index contributed by atoms with van der Waals surface area (Å²) in [5.41, 5.74) is 3.72. The normalized spacial score (nSPS) is 18.6. The van der Waals surface area contributed by atoms with E-state index < -0.39 is 0 Å². The van der Waals surface area contributed by atoms with E-state index in [9.17, 15) is 9.59 Å². The van der Waals surface area contributed by atoms with Gasteiger partial charge in [0, 0.05) is 29.6 Å². The second-order valence-corrected chi connectivity index (χ2v) is 7.94. The Kier molecular flexibility index (Phi) is 7.63. The smallest absolute Gasteiger partial charge is 0.223 e. The first-order chi connectivity index (χ1) is 14.5. The molecule has 5 nitrogen and oxygen atoms in total.